The highest BCUT2D eigenvalue weighted by atomic mass is 16.4. The van der Waals surface area contributed by atoms with Gasteiger partial charge in [0.15, 0.2) is 0 Å². The smallest absolute Gasteiger partial charge is 0.348 e. The second-order valence-corrected chi connectivity index (χ2v) is 3.72. The first-order valence-corrected chi connectivity index (χ1v) is 5.40. The molecule has 0 unspecified atom stereocenters. The van der Waals surface area contributed by atoms with E-state index in [0.29, 0.717) is 11.0 Å². The van der Waals surface area contributed by atoms with Crippen LogP contribution in [0, 0.1) is 0 Å². The van der Waals surface area contributed by atoms with E-state index >= 15 is 0 Å². The Morgan fingerprint density at radius 3 is 3.00 bits per heavy atom. The maximum Gasteiger partial charge on any atom is 0.348 e. The molecule has 3 rings (SSSR count). The molecule has 0 aliphatic heterocycles. The van der Waals surface area contributed by atoms with Crippen LogP contribution < -0.4 is 5.63 Å². The highest BCUT2D eigenvalue weighted by molar-refractivity contribution is 5.93. The van der Waals surface area contributed by atoms with Gasteiger partial charge in [0.1, 0.15) is 23.2 Å². The number of benzene rings is 1. The summed E-state index contributed by atoms with van der Waals surface area (Å²) < 4.78 is 5.09. The van der Waals surface area contributed by atoms with Gasteiger partial charge >= 0.3 is 5.63 Å². The molecular formula is C12H8N4O3. The minimum atomic E-state index is -0.667. The van der Waals surface area contributed by atoms with Crippen LogP contribution in [0.25, 0.3) is 11.0 Å². The molecule has 0 amide bonds. The van der Waals surface area contributed by atoms with Gasteiger partial charge < -0.3 is 9.52 Å². The Morgan fingerprint density at radius 2 is 2.21 bits per heavy atom. The molecule has 0 bridgehead atoms. The van der Waals surface area contributed by atoms with Crippen LogP contribution in [0.5, 0.6) is 5.75 Å². The van der Waals surface area contributed by atoms with Crippen molar-refractivity contribution in [2.45, 2.75) is 0 Å². The van der Waals surface area contributed by atoms with Crippen LogP contribution in [0.1, 0.15) is 5.56 Å². The number of aromatic amines is 1. The fraction of sp³-hybridized carbons (Fsp3) is 0. The van der Waals surface area contributed by atoms with Crippen molar-refractivity contribution in [3.63, 3.8) is 0 Å². The fourth-order valence-corrected chi connectivity index (χ4v) is 1.65. The van der Waals surface area contributed by atoms with E-state index in [2.05, 4.69) is 20.2 Å². The zero-order valence-corrected chi connectivity index (χ0v) is 9.57. The van der Waals surface area contributed by atoms with E-state index in [9.17, 15) is 9.90 Å². The largest absolute Gasteiger partial charge is 0.506 e. The molecule has 3 aromatic rings. The van der Waals surface area contributed by atoms with Gasteiger partial charge in [0.2, 0.25) is 5.95 Å². The quantitative estimate of drug-likeness (QED) is 0.532. The molecule has 2 aromatic heterocycles. The zero-order valence-electron chi connectivity index (χ0n) is 9.57. The van der Waals surface area contributed by atoms with E-state index in [0.717, 1.165) is 0 Å². The van der Waals surface area contributed by atoms with Gasteiger partial charge in [-0.15, -0.1) is 0 Å². The molecule has 0 aliphatic rings. The Balaban J connectivity index is 2.16. The Labute approximate surface area is 106 Å². The number of fused-ring (bicyclic) bond motifs is 1. The SMILES string of the molecule is O=c1oc2ccccc2c(O)c1C=Nc1ncn[nH]1. The molecule has 0 saturated heterocycles. The molecule has 0 spiro atoms. The van der Waals surface area contributed by atoms with Gasteiger partial charge in [-0.1, -0.05) is 12.1 Å². The summed E-state index contributed by atoms with van der Waals surface area (Å²) in [4.78, 5) is 19.4. The van der Waals surface area contributed by atoms with Gasteiger partial charge in [-0.05, 0) is 12.1 Å². The Hall–Kier alpha value is -2.96. The highest BCUT2D eigenvalue weighted by Gasteiger charge is 2.11. The van der Waals surface area contributed by atoms with Crippen molar-refractivity contribution in [3.8, 4) is 5.75 Å². The lowest BCUT2D eigenvalue weighted by Crippen LogP contribution is -2.06. The molecule has 0 fully saturated rings. The van der Waals surface area contributed by atoms with Crippen molar-refractivity contribution in [1.29, 1.82) is 0 Å². The Bertz CT molecular complexity index is 805. The number of rotatable bonds is 2. The molecule has 0 aliphatic carbocycles. The third-order valence-corrected chi connectivity index (χ3v) is 2.54. The number of hydrogen-bond donors (Lipinski definition) is 2. The van der Waals surface area contributed by atoms with E-state index in [4.69, 9.17) is 4.42 Å². The van der Waals surface area contributed by atoms with Gasteiger partial charge in [-0.25, -0.2) is 14.9 Å². The molecule has 7 heteroatoms. The number of aromatic nitrogens is 3. The van der Waals surface area contributed by atoms with Gasteiger partial charge in [-0.2, -0.15) is 10.1 Å². The van der Waals surface area contributed by atoms with Crippen molar-refractivity contribution < 1.29 is 9.52 Å². The molecule has 1 aromatic carbocycles. The molecule has 2 heterocycles. The van der Waals surface area contributed by atoms with E-state index in [-0.39, 0.29) is 17.3 Å². The number of aromatic hydroxyl groups is 1. The molecule has 0 atom stereocenters. The summed E-state index contributed by atoms with van der Waals surface area (Å²) in [5.41, 5.74) is -0.378. The van der Waals surface area contributed by atoms with Crippen LogP contribution in [0.3, 0.4) is 0 Å². The van der Waals surface area contributed by atoms with Crippen molar-refractivity contribution in [1.82, 2.24) is 15.2 Å². The lowest BCUT2D eigenvalue weighted by molar-refractivity contribution is 0.466. The van der Waals surface area contributed by atoms with Gasteiger partial charge in [-0.3, -0.25) is 0 Å². The lowest BCUT2D eigenvalue weighted by atomic mass is 10.1. The molecule has 2 N–H and O–H groups in total. The summed E-state index contributed by atoms with van der Waals surface area (Å²) in [6.45, 7) is 0. The van der Waals surface area contributed by atoms with Crippen molar-refractivity contribution in [2.24, 2.45) is 4.99 Å². The second kappa shape index (κ2) is 4.37. The maximum atomic E-state index is 11.7. The fourth-order valence-electron chi connectivity index (χ4n) is 1.65. The molecular weight excluding hydrogens is 248 g/mol. The Morgan fingerprint density at radius 1 is 1.37 bits per heavy atom. The van der Waals surface area contributed by atoms with Gasteiger partial charge in [0, 0.05) is 6.21 Å². The van der Waals surface area contributed by atoms with E-state index < -0.39 is 5.63 Å². The first-order chi connectivity index (χ1) is 9.25. The first kappa shape index (κ1) is 11.1. The van der Waals surface area contributed by atoms with E-state index in [1.165, 1.54) is 12.5 Å². The van der Waals surface area contributed by atoms with E-state index in [1.807, 2.05) is 0 Å². The van der Waals surface area contributed by atoms with Gasteiger partial charge in [0.25, 0.3) is 0 Å². The summed E-state index contributed by atoms with van der Waals surface area (Å²) in [7, 11) is 0. The number of nitrogens with one attached hydrogen (secondary N) is 1. The minimum Gasteiger partial charge on any atom is -0.506 e. The normalized spacial score (nSPS) is 11.4. The molecule has 19 heavy (non-hydrogen) atoms. The van der Waals surface area contributed by atoms with Crippen LogP contribution >= 0.6 is 0 Å². The third kappa shape index (κ3) is 1.97. The highest BCUT2D eigenvalue weighted by Crippen LogP contribution is 2.24. The molecule has 7 nitrogen and oxygen atoms in total. The maximum absolute atomic E-state index is 11.7. The molecule has 0 radical (unpaired) electrons. The number of aliphatic imine (C=N–C) groups is 1. The summed E-state index contributed by atoms with van der Waals surface area (Å²) in [6.07, 6.45) is 2.48. The third-order valence-electron chi connectivity index (χ3n) is 2.54. The summed E-state index contributed by atoms with van der Waals surface area (Å²) in [6, 6.07) is 6.71. The summed E-state index contributed by atoms with van der Waals surface area (Å²) in [5, 5.41) is 16.6. The average Bonchev–Trinajstić information content (AvgIpc) is 2.92. The van der Waals surface area contributed by atoms with Crippen molar-refractivity contribution in [2.75, 3.05) is 0 Å². The summed E-state index contributed by atoms with van der Waals surface area (Å²) in [5.74, 6) is 0.0575. The van der Waals surface area contributed by atoms with Crippen molar-refractivity contribution >= 4 is 23.1 Å². The first-order valence-electron chi connectivity index (χ1n) is 5.40. The monoisotopic (exact) mass is 256 g/mol. The standard InChI is InChI=1S/C12H8N4O3/c17-10-7-3-1-2-4-9(7)19-11(18)8(10)5-13-12-14-6-15-16-12/h1-6,17H,(H,14,15,16). The van der Waals surface area contributed by atoms with Crippen LogP contribution in [-0.2, 0) is 0 Å². The van der Waals surface area contributed by atoms with Crippen LogP contribution in [-0.4, -0.2) is 26.5 Å². The van der Waals surface area contributed by atoms with Gasteiger partial charge in [0.05, 0.1) is 5.39 Å². The average molecular weight is 256 g/mol. The second-order valence-electron chi connectivity index (χ2n) is 3.72. The number of nitrogens with zero attached hydrogens (tertiary/aromatic N) is 3. The predicted molar refractivity (Wildman–Crippen MR) is 67.8 cm³/mol. The van der Waals surface area contributed by atoms with Crippen molar-refractivity contribution in [3.05, 3.63) is 46.6 Å². The zero-order chi connectivity index (χ0) is 13.2. The number of para-hydroxylation sites is 1. The van der Waals surface area contributed by atoms with Crippen LogP contribution in [0.4, 0.5) is 5.95 Å². The topological polar surface area (TPSA) is 104 Å². The minimum absolute atomic E-state index is 0.0323. The van der Waals surface area contributed by atoms with Crippen LogP contribution in [0.15, 0.2) is 44.8 Å². The molecule has 94 valence electrons. The predicted octanol–water partition coefficient (Wildman–Crippen LogP) is 1.37. The summed E-state index contributed by atoms with van der Waals surface area (Å²) >= 11 is 0. The molecule has 0 saturated carbocycles. The lowest BCUT2D eigenvalue weighted by Gasteiger charge is -2.01. The Kier molecular flexibility index (Phi) is 2.57. The number of hydrogen-bond acceptors (Lipinski definition) is 6. The van der Waals surface area contributed by atoms with E-state index in [1.54, 1.807) is 24.3 Å². The number of H-pyrrole nitrogens is 1. The van der Waals surface area contributed by atoms with Crippen LogP contribution in [0.2, 0.25) is 0 Å².